The standard InChI is InChI=1S/C26H42N4O2.HI/c1-3-27-26(29-21-15-17-30(18-16-21)22-10-4-5-11-22)28-19-20-9-8-14-24(31-2)25(20)32-23-12-6-7-13-23;/h8-9,14,21-23H,3-7,10-13,15-19H2,1-2H3,(H2,27,28,29);1H. The number of rotatable bonds is 8. The molecule has 3 fully saturated rings. The third-order valence-corrected chi connectivity index (χ3v) is 7.33. The second-order valence-electron chi connectivity index (χ2n) is 9.56. The molecule has 1 aliphatic heterocycles. The molecule has 0 radical (unpaired) electrons. The van der Waals surface area contributed by atoms with E-state index in [0.29, 0.717) is 18.7 Å². The maximum absolute atomic E-state index is 6.39. The van der Waals surface area contributed by atoms with E-state index in [-0.39, 0.29) is 24.0 Å². The van der Waals surface area contributed by atoms with Crippen molar-refractivity contribution < 1.29 is 9.47 Å². The van der Waals surface area contributed by atoms with E-state index in [1.165, 1.54) is 64.5 Å². The first kappa shape index (κ1) is 26.4. The third kappa shape index (κ3) is 7.38. The highest BCUT2D eigenvalue weighted by Crippen LogP contribution is 2.35. The predicted octanol–water partition coefficient (Wildman–Crippen LogP) is 5.10. The average molecular weight is 571 g/mol. The van der Waals surface area contributed by atoms with Crippen LogP contribution in [0.25, 0.3) is 0 Å². The van der Waals surface area contributed by atoms with Crippen LogP contribution in [0.4, 0.5) is 0 Å². The first-order chi connectivity index (χ1) is 15.8. The fourth-order valence-electron chi connectivity index (χ4n) is 5.51. The number of halogens is 1. The molecule has 2 N–H and O–H groups in total. The van der Waals surface area contributed by atoms with Gasteiger partial charge in [-0.25, -0.2) is 4.99 Å². The highest BCUT2D eigenvalue weighted by atomic mass is 127. The number of nitrogens with one attached hydrogen (secondary N) is 2. The summed E-state index contributed by atoms with van der Waals surface area (Å²) in [6, 6.07) is 7.46. The number of benzene rings is 1. The maximum Gasteiger partial charge on any atom is 0.191 e. The van der Waals surface area contributed by atoms with Gasteiger partial charge in [0.15, 0.2) is 17.5 Å². The zero-order valence-electron chi connectivity index (χ0n) is 20.5. The molecule has 1 saturated heterocycles. The molecule has 6 nitrogen and oxygen atoms in total. The summed E-state index contributed by atoms with van der Waals surface area (Å²) in [4.78, 5) is 7.65. The van der Waals surface area contributed by atoms with Crippen LogP contribution in [0.2, 0.25) is 0 Å². The number of guanidine groups is 1. The molecule has 1 aromatic carbocycles. The van der Waals surface area contributed by atoms with Crippen molar-refractivity contribution in [3.05, 3.63) is 23.8 Å². The Labute approximate surface area is 217 Å². The van der Waals surface area contributed by atoms with Gasteiger partial charge in [-0.2, -0.15) is 0 Å². The minimum atomic E-state index is 0. The molecular weight excluding hydrogens is 527 g/mol. The topological polar surface area (TPSA) is 58.1 Å². The highest BCUT2D eigenvalue weighted by molar-refractivity contribution is 14.0. The Kier molecular flexibility index (Phi) is 10.9. The zero-order valence-corrected chi connectivity index (χ0v) is 22.8. The average Bonchev–Trinajstić information content (AvgIpc) is 3.53. The molecular formula is C26H43IN4O2. The summed E-state index contributed by atoms with van der Waals surface area (Å²) in [5, 5.41) is 7.14. The number of hydrogen-bond acceptors (Lipinski definition) is 4. The van der Waals surface area contributed by atoms with Crippen molar-refractivity contribution in [3.63, 3.8) is 0 Å². The molecule has 7 heteroatoms. The molecule has 33 heavy (non-hydrogen) atoms. The molecule has 0 atom stereocenters. The normalized spacial score (nSPS) is 21.1. The van der Waals surface area contributed by atoms with Crippen LogP contribution in [-0.2, 0) is 6.54 Å². The Morgan fingerprint density at radius 1 is 1.03 bits per heavy atom. The molecule has 1 aromatic rings. The van der Waals surface area contributed by atoms with Gasteiger partial charge >= 0.3 is 0 Å². The summed E-state index contributed by atoms with van der Waals surface area (Å²) in [7, 11) is 1.72. The number of aliphatic imine (C=N–C) groups is 1. The van der Waals surface area contributed by atoms with Crippen molar-refractivity contribution in [1.29, 1.82) is 0 Å². The molecule has 2 aliphatic carbocycles. The van der Waals surface area contributed by atoms with Crippen molar-refractivity contribution in [3.8, 4) is 11.5 Å². The lowest BCUT2D eigenvalue weighted by atomic mass is 10.0. The van der Waals surface area contributed by atoms with Crippen LogP contribution in [0.1, 0.15) is 76.7 Å². The zero-order chi connectivity index (χ0) is 22.2. The molecule has 0 spiro atoms. The minimum Gasteiger partial charge on any atom is -0.493 e. The Morgan fingerprint density at radius 3 is 2.39 bits per heavy atom. The molecule has 3 aliphatic rings. The quantitative estimate of drug-likeness (QED) is 0.259. The summed E-state index contributed by atoms with van der Waals surface area (Å²) in [5.41, 5.74) is 1.09. The molecule has 4 rings (SSSR count). The van der Waals surface area contributed by atoms with Crippen molar-refractivity contribution in [2.75, 3.05) is 26.7 Å². The Hall–Kier alpha value is -1.22. The number of para-hydroxylation sites is 1. The van der Waals surface area contributed by atoms with Crippen LogP contribution in [0, 0.1) is 0 Å². The number of methoxy groups -OCH3 is 1. The largest absolute Gasteiger partial charge is 0.493 e. The molecule has 2 saturated carbocycles. The summed E-state index contributed by atoms with van der Waals surface area (Å²) < 4.78 is 12.0. The monoisotopic (exact) mass is 570 g/mol. The van der Waals surface area contributed by atoms with E-state index in [2.05, 4.69) is 28.5 Å². The van der Waals surface area contributed by atoms with Crippen molar-refractivity contribution in [2.24, 2.45) is 4.99 Å². The SMILES string of the molecule is CCNC(=NCc1cccc(OC)c1OC1CCCC1)NC1CCN(C2CCCC2)CC1.I. The van der Waals surface area contributed by atoms with Gasteiger partial charge in [0.1, 0.15) is 0 Å². The second-order valence-corrected chi connectivity index (χ2v) is 9.56. The summed E-state index contributed by atoms with van der Waals surface area (Å²) in [6.45, 7) is 5.97. The van der Waals surface area contributed by atoms with E-state index in [4.69, 9.17) is 14.5 Å². The lowest BCUT2D eigenvalue weighted by Crippen LogP contribution is -2.50. The first-order valence-electron chi connectivity index (χ1n) is 12.9. The molecule has 0 unspecified atom stereocenters. The maximum atomic E-state index is 6.39. The van der Waals surface area contributed by atoms with Gasteiger partial charge in [-0.3, -0.25) is 0 Å². The van der Waals surface area contributed by atoms with Crippen LogP contribution >= 0.6 is 24.0 Å². The summed E-state index contributed by atoms with van der Waals surface area (Å²) >= 11 is 0. The van der Waals surface area contributed by atoms with E-state index in [0.717, 1.165) is 48.5 Å². The van der Waals surface area contributed by atoms with E-state index in [9.17, 15) is 0 Å². The highest BCUT2D eigenvalue weighted by Gasteiger charge is 2.27. The molecule has 0 amide bonds. The lowest BCUT2D eigenvalue weighted by molar-refractivity contribution is 0.150. The smallest absolute Gasteiger partial charge is 0.191 e. The van der Waals surface area contributed by atoms with Crippen LogP contribution in [0.15, 0.2) is 23.2 Å². The molecule has 0 aromatic heterocycles. The lowest BCUT2D eigenvalue weighted by Gasteiger charge is -2.36. The van der Waals surface area contributed by atoms with Gasteiger partial charge in [0.2, 0.25) is 0 Å². The summed E-state index contributed by atoms with van der Waals surface area (Å²) in [6.07, 6.45) is 13.1. The van der Waals surface area contributed by atoms with E-state index in [1.807, 2.05) is 12.1 Å². The number of likely N-dealkylation sites (tertiary alicyclic amines) is 1. The van der Waals surface area contributed by atoms with E-state index >= 15 is 0 Å². The van der Waals surface area contributed by atoms with Gasteiger partial charge in [0.25, 0.3) is 0 Å². The molecule has 0 bridgehead atoms. The third-order valence-electron chi connectivity index (χ3n) is 7.33. The number of ether oxygens (including phenoxy) is 2. The van der Waals surface area contributed by atoms with Gasteiger partial charge in [0.05, 0.1) is 19.8 Å². The van der Waals surface area contributed by atoms with Gasteiger partial charge in [-0.05, 0) is 64.4 Å². The minimum absolute atomic E-state index is 0. The van der Waals surface area contributed by atoms with Crippen molar-refractivity contribution >= 4 is 29.9 Å². The Balaban J connectivity index is 0.00000306. The van der Waals surface area contributed by atoms with E-state index in [1.54, 1.807) is 7.11 Å². The molecule has 186 valence electrons. The van der Waals surface area contributed by atoms with Crippen molar-refractivity contribution in [1.82, 2.24) is 15.5 Å². The van der Waals surface area contributed by atoms with Crippen LogP contribution in [0.5, 0.6) is 11.5 Å². The number of nitrogens with zero attached hydrogens (tertiary/aromatic N) is 2. The van der Waals surface area contributed by atoms with Gasteiger partial charge in [-0.1, -0.05) is 25.0 Å². The number of hydrogen-bond donors (Lipinski definition) is 2. The van der Waals surface area contributed by atoms with Gasteiger partial charge in [0, 0.05) is 37.3 Å². The summed E-state index contributed by atoms with van der Waals surface area (Å²) in [5.74, 6) is 2.58. The van der Waals surface area contributed by atoms with Crippen LogP contribution < -0.4 is 20.1 Å². The van der Waals surface area contributed by atoms with Crippen LogP contribution in [0.3, 0.4) is 0 Å². The van der Waals surface area contributed by atoms with Crippen LogP contribution in [-0.4, -0.2) is 55.8 Å². The second kappa shape index (κ2) is 13.6. The Morgan fingerprint density at radius 2 is 1.73 bits per heavy atom. The predicted molar refractivity (Wildman–Crippen MR) is 146 cm³/mol. The van der Waals surface area contributed by atoms with Crippen molar-refractivity contribution in [2.45, 2.75) is 95.9 Å². The first-order valence-corrected chi connectivity index (χ1v) is 12.9. The molecule has 1 heterocycles. The van der Waals surface area contributed by atoms with E-state index < -0.39 is 0 Å². The van der Waals surface area contributed by atoms with Gasteiger partial charge in [-0.15, -0.1) is 24.0 Å². The fraction of sp³-hybridized carbons (Fsp3) is 0.731. The number of piperidine rings is 1. The fourth-order valence-corrected chi connectivity index (χ4v) is 5.51. The van der Waals surface area contributed by atoms with Gasteiger partial charge < -0.3 is 25.0 Å². The Bertz CT molecular complexity index is 740.